The van der Waals surface area contributed by atoms with E-state index in [1.807, 2.05) is 37.3 Å². The summed E-state index contributed by atoms with van der Waals surface area (Å²) in [4.78, 5) is 12.2. The Morgan fingerprint density at radius 1 is 1.05 bits per heavy atom. The van der Waals surface area contributed by atoms with Gasteiger partial charge in [-0.15, -0.1) is 0 Å². The Labute approximate surface area is 116 Å². The van der Waals surface area contributed by atoms with Crippen molar-refractivity contribution < 1.29 is 9.52 Å². The van der Waals surface area contributed by atoms with Gasteiger partial charge in [-0.25, -0.2) is 0 Å². The predicted octanol–water partition coefficient (Wildman–Crippen LogP) is 3.78. The van der Waals surface area contributed by atoms with Gasteiger partial charge in [-0.05, 0) is 31.0 Å². The van der Waals surface area contributed by atoms with Gasteiger partial charge in [0.25, 0.3) is 0 Å². The minimum absolute atomic E-state index is 0.00774. The average Bonchev–Trinajstić information content (AvgIpc) is 2.45. The third-order valence-electron chi connectivity index (χ3n) is 3.56. The maximum absolute atomic E-state index is 12.2. The molecule has 1 aromatic heterocycles. The van der Waals surface area contributed by atoms with Crippen molar-refractivity contribution in [1.82, 2.24) is 0 Å². The number of benzene rings is 2. The van der Waals surface area contributed by atoms with Crippen molar-refractivity contribution in [2.45, 2.75) is 13.8 Å². The molecule has 0 spiro atoms. The van der Waals surface area contributed by atoms with Crippen LogP contribution in [0.4, 0.5) is 0 Å². The van der Waals surface area contributed by atoms with Crippen LogP contribution in [0, 0.1) is 13.8 Å². The largest absolute Gasteiger partial charge is 0.507 e. The SMILES string of the molecule is Cc1cc2oc(-c3ccccc3)cc(=O)c2c(O)c1C. The van der Waals surface area contributed by atoms with Gasteiger partial charge in [-0.3, -0.25) is 4.79 Å². The zero-order chi connectivity index (χ0) is 14.3. The minimum atomic E-state index is -0.231. The Morgan fingerprint density at radius 2 is 1.75 bits per heavy atom. The lowest BCUT2D eigenvalue weighted by atomic mass is 10.0. The highest BCUT2D eigenvalue weighted by Crippen LogP contribution is 2.31. The van der Waals surface area contributed by atoms with E-state index in [0.717, 1.165) is 11.1 Å². The Balaban J connectivity index is 2.36. The van der Waals surface area contributed by atoms with Crippen LogP contribution in [0.15, 0.2) is 51.7 Å². The second kappa shape index (κ2) is 4.53. The molecular formula is C17H14O3. The molecule has 0 amide bonds. The molecule has 100 valence electrons. The Bertz CT molecular complexity index is 845. The molecule has 0 atom stereocenters. The van der Waals surface area contributed by atoms with Gasteiger partial charge in [-0.2, -0.15) is 0 Å². The van der Waals surface area contributed by atoms with E-state index in [2.05, 4.69) is 0 Å². The number of hydrogen-bond donors (Lipinski definition) is 1. The highest BCUT2D eigenvalue weighted by molar-refractivity contribution is 5.86. The third-order valence-corrected chi connectivity index (χ3v) is 3.56. The minimum Gasteiger partial charge on any atom is -0.507 e. The summed E-state index contributed by atoms with van der Waals surface area (Å²) in [5, 5.41) is 10.4. The molecule has 3 aromatic rings. The number of hydrogen-bond acceptors (Lipinski definition) is 3. The van der Waals surface area contributed by atoms with E-state index in [-0.39, 0.29) is 16.6 Å². The standard InChI is InChI=1S/C17H14O3/c1-10-8-15-16(17(19)11(10)2)13(18)9-14(20-15)12-6-4-3-5-7-12/h3-9,19H,1-2H3. The summed E-state index contributed by atoms with van der Waals surface area (Å²) in [6.45, 7) is 3.67. The normalized spacial score (nSPS) is 10.9. The maximum Gasteiger partial charge on any atom is 0.197 e. The van der Waals surface area contributed by atoms with Crippen LogP contribution >= 0.6 is 0 Å². The first-order chi connectivity index (χ1) is 9.58. The highest BCUT2D eigenvalue weighted by Gasteiger charge is 2.13. The summed E-state index contributed by atoms with van der Waals surface area (Å²) in [5.74, 6) is 0.513. The number of aryl methyl sites for hydroxylation is 1. The Kier molecular flexibility index (Phi) is 2.83. The smallest absolute Gasteiger partial charge is 0.197 e. The second-order valence-corrected chi connectivity index (χ2v) is 4.88. The fourth-order valence-electron chi connectivity index (χ4n) is 2.27. The monoisotopic (exact) mass is 266 g/mol. The van der Waals surface area contributed by atoms with Crippen molar-refractivity contribution in [2.24, 2.45) is 0 Å². The van der Waals surface area contributed by atoms with Gasteiger partial charge in [0.05, 0.1) is 0 Å². The molecular weight excluding hydrogens is 252 g/mol. The van der Waals surface area contributed by atoms with Gasteiger partial charge >= 0.3 is 0 Å². The number of fused-ring (bicyclic) bond motifs is 1. The van der Waals surface area contributed by atoms with Crippen molar-refractivity contribution in [3.63, 3.8) is 0 Å². The average molecular weight is 266 g/mol. The van der Waals surface area contributed by atoms with Gasteiger partial charge < -0.3 is 9.52 Å². The molecule has 0 aliphatic carbocycles. The molecule has 0 saturated heterocycles. The summed E-state index contributed by atoms with van der Waals surface area (Å²) >= 11 is 0. The van der Waals surface area contributed by atoms with Crippen LogP contribution in [0.2, 0.25) is 0 Å². The Hall–Kier alpha value is -2.55. The molecule has 2 aromatic carbocycles. The molecule has 3 heteroatoms. The quantitative estimate of drug-likeness (QED) is 0.729. The van der Waals surface area contributed by atoms with E-state index in [1.54, 1.807) is 13.0 Å². The van der Waals surface area contributed by atoms with E-state index in [0.29, 0.717) is 16.9 Å². The number of aromatic hydroxyl groups is 1. The lowest BCUT2D eigenvalue weighted by Crippen LogP contribution is -2.02. The van der Waals surface area contributed by atoms with Crippen LogP contribution in [-0.4, -0.2) is 5.11 Å². The molecule has 3 rings (SSSR count). The molecule has 0 saturated carbocycles. The summed E-state index contributed by atoms with van der Waals surface area (Å²) in [5.41, 5.74) is 2.62. The van der Waals surface area contributed by atoms with Crippen molar-refractivity contribution in [2.75, 3.05) is 0 Å². The number of rotatable bonds is 1. The van der Waals surface area contributed by atoms with Crippen LogP contribution in [0.25, 0.3) is 22.3 Å². The molecule has 0 radical (unpaired) electrons. The van der Waals surface area contributed by atoms with E-state index >= 15 is 0 Å². The van der Waals surface area contributed by atoms with Crippen molar-refractivity contribution >= 4 is 11.0 Å². The van der Waals surface area contributed by atoms with E-state index in [4.69, 9.17) is 4.42 Å². The van der Waals surface area contributed by atoms with Crippen LogP contribution in [0.3, 0.4) is 0 Å². The lowest BCUT2D eigenvalue weighted by molar-refractivity contribution is 0.475. The van der Waals surface area contributed by atoms with E-state index in [9.17, 15) is 9.90 Å². The zero-order valence-electron chi connectivity index (χ0n) is 11.3. The topological polar surface area (TPSA) is 50.4 Å². The van der Waals surface area contributed by atoms with Crippen molar-refractivity contribution in [1.29, 1.82) is 0 Å². The van der Waals surface area contributed by atoms with Crippen molar-refractivity contribution in [3.8, 4) is 17.1 Å². The van der Waals surface area contributed by atoms with Crippen molar-refractivity contribution in [3.05, 3.63) is 63.8 Å². The Morgan fingerprint density at radius 3 is 2.45 bits per heavy atom. The van der Waals surface area contributed by atoms with Crippen LogP contribution in [-0.2, 0) is 0 Å². The fraction of sp³-hybridized carbons (Fsp3) is 0.118. The molecule has 0 fully saturated rings. The molecule has 0 bridgehead atoms. The molecule has 1 N–H and O–H groups in total. The molecule has 1 heterocycles. The van der Waals surface area contributed by atoms with Crippen LogP contribution < -0.4 is 5.43 Å². The molecule has 3 nitrogen and oxygen atoms in total. The summed E-state index contributed by atoms with van der Waals surface area (Å²) in [7, 11) is 0. The van der Waals surface area contributed by atoms with E-state index < -0.39 is 0 Å². The van der Waals surface area contributed by atoms with Gasteiger partial charge in [0.1, 0.15) is 22.5 Å². The predicted molar refractivity (Wildman–Crippen MR) is 79.1 cm³/mol. The first-order valence-corrected chi connectivity index (χ1v) is 6.40. The first kappa shape index (κ1) is 12.5. The number of phenolic OH excluding ortho intramolecular Hbond substituents is 1. The van der Waals surface area contributed by atoms with Crippen LogP contribution in [0.5, 0.6) is 5.75 Å². The summed E-state index contributed by atoms with van der Waals surface area (Å²) in [6, 6.07) is 12.6. The fourth-order valence-corrected chi connectivity index (χ4v) is 2.27. The van der Waals surface area contributed by atoms with Gasteiger partial charge in [0, 0.05) is 11.6 Å². The zero-order valence-corrected chi connectivity index (χ0v) is 11.3. The highest BCUT2D eigenvalue weighted by atomic mass is 16.3. The molecule has 0 aliphatic rings. The van der Waals surface area contributed by atoms with Gasteiger partial charge in [0.15, 0.2) is 5.43 Å². The van der Waals surface area contributed by atoms with E-state index in [1.165, 1.54) is 6.07 Å². The molecule has 0 unspecified atom stereocenters. The van der Waals surface area contributed by atoms with Gasteiger partial charge in [-0.1, -0.05) is 30.3 Å². The third kappa shape index (κ3) is 1.88. The first-order valence-electron chi connectivity index (χ1n) is 6.40. The molecule has 20 heavy (non-hydrogen) atoms. The number of phenols is 1. The lowest BCUT2D eigenvalue weighted by Gasteiger charge is -2.08. The second-order valence-electron chi connectivity index (χ2n) is 4.88. The molecule has 0 aliphatic heterocycles. The summed E-state index contributed by atoms with van der Waals surface area (Å²) < 4.78 is 5.79. The van der Waals surface area contributed by atoms with Gasteiger partial charge in [0.2, 0.25) is 0 Å². The maximum atomic E-state index is 12.2. The summed E-state index contributed by atoms with van der Waals surface area (Å²) in [6.07, 6.45) is 0. The van der Waals surface area contributed by atoms with Crippen LogP contribution in [0.1, 0.15) is 11.1 Å².